The van der Waals surface area contributed by atoms with Crippen molar-refractivity contribution in [2.45, 2.75) is 31.0 Å². The maximum atomic E-state index is 5.67. The summed E-state index contributed by atoms with van der Waals surface area (Å²) in [6, 6.07) is 2.00. The third-order valence-electron chi connectivity index (χ3n) is 3.13. The van der Waals surface area contributed by atoms with Gasteiger partial charge in [0.1, 0.15) is 11.6 Å². The van der Waals surface area contributed by atoms with Gasteiger partial charge in [-0.25, -0.2) is 9.97 Å². The molecular formula is C13H22N4OS. The third kappa shape index (κ3) is 3.98. The molecule has 6 heteroatoms. The molecule has 1 aliphatic rings. The lowest BCUT2D eigenvalue weighted by Gasteiger charge is -2.22. The maximum absolute atomic E-state index is 5.67. The van der Waals surface area contributed by atoms with Crippen LogP contribution in [0.4, 0.5) is 11.6 Å². The minimum absolute atomic E-state index is 0.334. The van der Waals surface area contributed by atoms with Crippen LogP contribution in [0.1, 0.15) is 19.8 Å². The molecule has 2 heterocycles. The van der Waals surface area contributed by atoms with Crippen molar-refractivity contribution in [3.05, 3.63) is 6.07 Å². The Morgan fingerprint density at radius 3 is 3.00 bits per heavy atom. The van der Waals surface area contributed by atoms with Crippen LogP contribution in [0, 0.1) is 0 Å². The number of hydrogen-bond donors (Lipinski definition) is 1. The molecule has 19 heavy (non-hydrogen) atoms. The fraction of sp³-hybridized carbons (Fsp3) is 0.692. The molecule has 2 rings (SSSR count). The number of nitrogens with one attached hydrogen (secondary N) is 1. The van der Waals surface area contributed by atoms with E-state index >= 15 is 0 Å². The highest BCUT2D eigenvalue weighted by Gasteiger charge is 2.18. The summed E-state index contributed by atoms with van der Waals surface area (Å²) in [5.41, 5.74) is 0. The third-order valence-corrected chi connectivity index (χ3v) is 3.67. The summed E-state index contributed by atoms with van der Waals surface area (Å²) < 4.78 is 5.67. The summed E-state index contributed by atoms with van der Waals surface area (Å²) in [7, 11) is 2.06. The van der Waals surface area contributed by atoms with Gasteiger partial charge in [-0.1, -0.05) is 11.8 Å². The van der Waals surface area contributed by atoms with E-state index in [1.807, 2.05) is 12.3 Å². The lowest BCUT2D eigenvalue weighted by atomic mass is 10.2. The molecule has 106 valence electrons. The van der Waals surface area contributed by atoms with Gasteiger partial charge in [0.15, 0.2) is 5.16 Å². The molecular weight excluding hydrogens is 260 g/mol. The molecule has 1 saturated heterocycles. The molecule has 5 nitrogen and oxygen atoms in total. The highest BCUT2D eigenvalue weighted by atomic mass is 32.2. The van der Waals surface area contributed by atoms with E-state index in [-0.39, 0.29) is 0 Å². The van der Waals surface area contributed by atoms with Gasteiger partial charge in [-0.05, 0) is 26.0 Å². The molecule has 0 aliphatic carbocycles. The summed E-state index contributed by atoms with van der Waals surface area (Å²) in [6.07, 6.45) is 4.64. The van der Waals surface area contributed by atoms with Gasteiger partial charge < -0.3 is 15.0 Å². The normalized spacial score (nSPS) is 18.6. The predicted molar refractivity (Wildman–Crippen MR) is 80.2 cm³/mol. The van der Waals surface area contributed by atoms with Crippen molar-refractivity contribution in [3.63, 3.8) is 0 Å². The van der Waals surface area contributed by atoms with Crippen molar-refractivity contribution >= 4 is 23.4 Å². The maximum Gasteiger partial charge on any atom is 0.191 e. The van der Waals surface area contributed by atoms with E-state index in [4.69, 9.17) is 4.74 Å². The first kappa shape index (κ1) is 14.4. The van der Waals surface area contributed by atoms with E-state index < -0.39 is 0 Å². The molecule has 0 amide bonds. The molecule has 1 aromatic heterocycles. The summed E-state index contributed by atoms with van der Waals surface area (Å²) in [6.45, 7) is 4.70. The Labute approximate surface area is 119 Å². The second-order valence-electron chi connectivity index (χ2n) is 4.64. The number of ether oxygens (including phenoxy) is 1. The topological polar surface area (TPSA) is 50.3 Å². The average molecular weight is 282 g/mol. The van der Waals surface area contributed by atoms with Crippen LogP contribution in [0.2, 0.25) is 0 Å². The van der Waals surface area contributed by atoms with Crippen LogP contribution in [0.3, 0.4) is 0 Å². The van der Waals surface area contributed by atoms with Gasteiger partial charge in [0.05, 0.1) is 6.10 Å². The Bertz CT molecular complexity index is 410. The molecule has 1 aliphatic heterocycles. The molecule has 1 unspecified atom stereocenters. The highest BCUT2D eigenvalue weighted by Crippen LogP contribution is 2.21. The monoisotopic (exact) mass is 282 g/mol. The van der Waals surface area contributed by atoms with Crippen molar-refractivity contribution in [1.82, 2.24) is 9.97 Å². The first-order valence-electron chi connectivity index (χ1n) is 6.72. The van der Waals surface area contributed by atoms with Crippen molar-refractivity contribution in [2.24, 2.45) is 0 Å². The zero-order chi connectivity index (χ0) is 13.7. The van der Waals surface area contributed by atoms with Crippen molar-refractivity contribution < 1.29 is 4.74 Å². The van der Waals surface area contributed by atoms with E-state index in [2.05, 4.69) is 34.2 Å². The predicted octanol–water partition coefficient (Wildman–Crippen LogP) is 2.25. The van der Waals surface area contributed by atoms with Gasteiger partial charge >= 0.3 is 0 Å². The summed E-state index contributed by atoms with van der Waals surface area (Å²) in [5, 5.41) is 4.05. The minimum Gasteiger partial charge on any atom is -0.376 e. The number of aromatic nitrogens is 2. The molecule has 0 aromatic carbocycles. The van der Waals surface area contributed by atoms with Crippen LogP contribution in [0.15, 0.2) is 11.2 Å². The standard InChI is InChI=1S/C13H22N4OS/c1-4-14-11-8-12(16-13(15-11)19-3)17(2)9-10-6-5-7-18-10/h8,10H,4-7,9H2,1-3H3,(H,14,15,16). The van der Waals surface area contributed by atoms with Crippen molar-refractivity contribution in [1.29, 1.82) is 0 Å². The molecule has 0 radical (unpaired) electrons. The van der Waals surface area contributed by atoms with Gasteiger partial charge in [-0.3, -0.25) is 0 Å². The van der Waals surface area contributed by atoms with Crippen LogP contribution in [0.5, 0.6) is 0 Å². The lowest BCUT2D eigenvalue weighted by molar-refractivity contribution is 0.116. The number of hydrogen-bond acceptors (Lipinski definition) is 6. The molecule has 1 fully saturated rings. The SMILES string of the molecule is CCNc1cc(N(C)CC2CCCO2)nc(SC)n1. The number of rotatable bonds is 6. The van der Waals surface area contributed by atoms with Gasteiger partial charge in [0.25, 0.3) is 0 Å². The molecule has 1 atom stereocenters. The Balaban J connectivity index is 2.09. The zero-order valence-electron chi connectivity index (χ0n) is 11.8. The van der Waals surface area contributed by atoms with Crippen LogP contribution in [-0.2, 0) is 4.74 Å². The zero-order valence-corrected chi connectivity index (χ0v) is 12.7. The Kier molecular flexibility index (Phi) is 5.27. The first-order chi connectivity index (χ1) is 9.22. The fourth-order valence-electron chi connectivity index (χ4n) is 2.16. The summed E-state index contributed by atoms with van der Waals surface area (Å²) >= 11 is 1.56. The van der Waals surface area contributed by atoms with Crippen molar-refractivity contribution in [2.75, 3.05) is 43.2 Å². The molecule has 1 aromatic rings. The van der Waals surface area contributed by atoms with Gasteiger partial charge in [0.2, 0.25) is 0 Å². The van der Waals surface area contributed by atoms with Crippen molar-refractivity contribution in [3.8, 4) is 0 Å². The minimum atomic E-state index is 0.334. The summed E-state index contributed by atoms with van der Waals surface area (Å²) in [4.78, 5) is 11.1. The lowest BCUT2D eigenvalue weighted by Crippen LogP contribution is -2.29. The molecule has 0 bridgehead atoms. The fourth-order valence-corrected chi connectivity index (χ4v) is 2.53. The van der Waals surface area contributed by atoms with E-state index in [0.717, 1.165) is 42.9 Å². The first-order valence-corrected chi connectivity index (χ1v) is 7.95. The van der Waals surface area contributed by atoms with Crippen LogP contribution in [0.25, 0.3) is 0 Å². The Hall–Kier alpha value is -1.01. The molecule has 1 N–H and O–H groups in total. The second-order valence-corrected chi connectivity index (χ2v) is 5.42. The number of likely N-dealkylation sites (N-methyl/N-ethyl adjacent to an activating group) is 1. The van der Waals surface area contributed by atoms with Gasteiger partial charge in [-0.15, -0.1) is 0 Å². The van der Waals surface area contributed by atoms with Crippen LogP contribution in [-0.4, -0.2) is 49.1 Å². The highest BCUT2D eigenvalue weighted by molar-refractivity contribution is 7.98. The van der Waals surface area contributed by atoms with Crippen LogP contribution >= 0.6 is 11.8 Å². The largest absolute Gasteiger partial charge is 0.376 e. The van der Waals surface area contributed by atoms with Crippen LogP contribution < -0.4 is 10.2 Å². The summed E-state index contributed by atoms with van der Waals surface area (Å²) in [5.74, 6) is 1.84. The second kappa shape index (κ2) is 6.96. The number of nitrogens with zero attached hydrogens (tertiary/aromatic N) is 3. The van der Waals surface area contributed by atoms with E-state index in [9.17, 15) is 0 Å². The van der Waals surface area contributed by atoms with E-state index in [0.29, 0.717) is 6.10 Å². The quantitative estimate of drug-likeness (QED) is 0.638. The Morgan fingerprint density at radius 2 is 2.37 bits per heavy atom. The molecule has 0 spiro atoms. The van der Waals surface area contributed by atoms with Gasteiger partial charge in [-0.2, -0.15) is 0 Å². The number of anilines is 2. The smallest absolute Gasteiger partial charge is 0.191 e. The Morgan fingerprint density at radius 1 is 1.53 bits per heavy atom. The number of thioether (sulfide) groups is 1. The van der Waals surface area contributed by atoms with E-state index in [1.54, 1.807) is 11.8 Å². The molecule has 0 saturated carbocycles. The average Bonchev–Trinajstić information content (AvgIpc) is 2.91. The van der Waals surface area contributed by atoms with E-state index in [1.165, 1.54) is 6.42 Å². The van der Waals surface area contributed by atoms with Gasteiger partial charge in [0, 0.05) is 32.8 Å².